The third kappa shape index (κ3) is 3.48. The van der Waals surface area contributed by atoms with Crippen LogP contribution in [0.15, 0.2) is 41.2 Å². The van der Waals surface area contributed by atoms with Gasteiger partial charge in [0.05, 0.1) is 19.1 Å². The molecular weight excluding hydrogens is 262 g/mol. The molecule has 1 aromatic carbocycles. The van der Waals surface area contributed by atoms with Gasteiger partial charge in [0, 0.05) is 18.0 Å². The van der Waals surface area contributed by atoms with Crippen LogP contribution in [0.4, 0.5) is 0 Å². The maximum Gasteiger partial charge on any atom is 0.122 e. The van der Waals surface area contributed by atoms with Crippen LogP contribution in [0.1, 0.15) is 42.5 Å². The van der Waals surface area contributed by atoms with Crippen LogP contribution in [-0.2, 0) is 12.8 Å². The molecule has 0 radical (unpaired) electrons. The minimum Gasteiger partial charge on any atom is -0.493 e. The minimum absolute atomic E-state index is 0.369. The summed E-state index contributed by atoms with van der Waals surface area (Å²) in [5.41, 5.74) is 3.99. The van der Waals surface area contributed by atoms with Crippen molar-refractivity contribution >= 4 is 0 Å². The molecule has 112 valence electrons. The maximum atomic E-state index is 5.57. The first-order valence-corrected chi connectivity index (χ1v) is 7.87. The molecule has 0 amide bonds. The second-order valence-electron chi connectivity index (χ2n) is 5.64. The smallest absolute Gasteiger partial charge is 0.122 e. The monoisotopic (exact) mass is 285 g/mol. The molecule has 0 aliphatic carbocycles. The van der Waals surface area contributed by atoms with E-state index in [4.69, 9.17) is 9.15 Å². The standard InChI is InChI=1S/C18H23NO2/c1-2-9-19-17(16-7-10-20-13-16)5-3-14-4-6-18-15(12-14)8-11-21-18/h4,6-7,10,12-13,17,19H,2-3,5,8-9,11H2,1H3. The normalized spacial score (nSPS) is 14.7. The number of furan rings is 1. The largest absolute Gasteiger partial charge is 0.493 e. The average molecular weight is 285 g/mol. The summed E-state index contributed by atoms with van der Waals surface area (Å²) < 4.78 is 10.8. The second kappa shape index (κ2) is 6.81. The molecule has 0 saturated heterocycles. The van der Waals surface area contributed by atoms with Gasteiger partial charge in [-0.05, 0) is 49.1 Å². The molecule has 2 heterocycles. The maximum absolute atomic E-state index is 5.57. The Kier molecular flexibility index (Phi) is 4.61. The number of hydrogen-bond donors (Lipinski definition) is 1. The summed E-state index contributed by atoms with van der Waals surface area (Å²) in [5, 5.41) is 3.61. The molecule has 1 atom stereocenters. The Bertz CT molecular complexity index is 563. The zero-order chi connectivity index (χ0) is 14.5. The van der Waals surface area contributed by atoms with Crippen molar-refractivity contribution in [2.75, 3.05) is 13.2 Å². The van der Waals surface area contributed by atoms with Crippen molar-refractivity contribution in [3.63, 3.8) is 0 Å². The van der Waals surface area contributed by atoms with Crippen molar-refractivity contribution < 1.29 is 9.15 Å². The fourth-order valence-corrected chi connectivity index (χ4v) is 2.88. The highest BCUT2D eigenvalue weighted by atomic mass is 16.5. The lowest BCUT2D eigenvalue weighted by Crippen LogP contribution is -2.22. The van der Waals surface area contributed by atoms with E-state index in [1.54, 1.807) is 6.26 Å². The topological polar surface area (TPSA) is 34.4 Å². The number of aryl methyl sites for hydroxylation is 1. The zero-order valence-electron chi connectivity index (χ0n) is 12.6. The Labute approximate surface area is 126 Å². The molecule has 0 bridgehead atoms. The number of fused-ring (bicyclic) bond motifs is 1. The molecule has 3 rings (SSSR count). The first-order valence-electron chi connectivity index (χ1n) is 7.87. The van der Waals surface area contributed by atoms with Gasteiger partial charge in [-0.3, -0.25) is 0 Å². The van der Waals surface area contributed by atoms with Crippen LogP contribution in [0, 0.1) is 0 Å². The molecule has 3 nitrogen and oxygen atoms in total. The fourth-order valence-electron chi connectivity index (χ4n) is 2.88. The van der Waals surface area contributed by atoms with Gasteiger partial charge in [0.15, 0.2) is 0 Å². The summed E-state index contributed by atoms with van der Waals surface area (Å²) >= 11 is 0. The number of benzene rings is 1. The predicted octanol–water partition coefficient (Wildman–Crippen LogP) is 3.89. The number of ether oxygens (including phenoxy) is 1. The third-order valence-corrected chi connectivity index (χ3v) is 4.06. The Morgan fingerprint density at radius 3 is 3.05 bits per heavy atom. The fraction of sp³-hybridized carbons (Fsp3) is 0.444. The molecule has 3 heteroatoms. The molecule has 0 spiro atoms. The van der Waals surface area contributed by atoms with Gasteiger partial charge in [0.25, 0.3) is 0 Å². The Morgan fingerprint density at radius 2 is 2.24 bits per heavy atom. The van der Waals surface area contributed by atoms with E-state index in [9.17, 15) is 0 Å². The molecule has 2 aromatic rings. The van der Waals surface area contributed by atoms with Crippen molar-refractivity contribution in [2.24, 2.45) is 0 Å². The van der Waals surface area contributed by atoms with E-state index in [1.165, 1.54) is 16.7 Å². The van der Waals surface area contributed by atoms with Gasteiger partial charge in [-0.1, -0.05) is 19.1 Å². The first-order chi connectivity index (χ1) is 10.4. The molecule has 0 saturated carbocycles. The molecule has 1 aliphatic rings. The highest BCUT2D eigenvalue weighted by molar-refractivity contribution is 5.39. The molecule has 0 fully saturated rings. The van der Waals surface area contributed by atoms with Gasteiger partial charge in [0.2, 0.25) is 0 Å². The van der Waals surface area contributed by atoms with Gasteiger partial charge >= 0.3 is 0 Å². The minimum atomic E-state index is 0.369. The van der Waals surface area contributed by atoms with E-state index in [1.807, 2.05) is 6.26 Å². The van der Waals surface area contributed by atoms with Gasteiger partial charge in [0.1, 0.15) is 5.75 Å². The zero-order valence-corrected chi connectivity index (χ0v) is 12.6. The van der Waals surface area contributed by atoms with Crippen LogP contribution in [0.5, 0.6) is 5.75 Å². The molecule has 1 aliphatic heterocycles. The van der Waals surface area contributed by atoms with E-state index < -0.39 is 0 Å². The predicted molar refractivity (Wildman–Crippen MR) is 83.7 cm³/mol. The third-order valence-electron chi connectivity index (χ3n) is 4.06. The average Bonchev–Trinajstić information content (AvgIpc) is 3.18. The van der Waals surface area contributed by atoms with Crippen LogP contribution in [0.25, 0.3) is 0 Å². The van der Waals surface area contributed by atoms with E-state index in [0.29, 0.717) is 6.04 Å². The molecule has 21 heavy (non-hydrogen) atoms. The second-order valence-corrected chi connectivity index (χ2v) is 5.64. The number of hydrogen-bond acceptors (Lipinski definition) is 3. The number of nitrogens with one attached hydrogen (secondary N) is 1. The van der Waals surface area contributed by atoms with Gasteiger partial charge in [-0.2, -0.15) is 0 Å². The summed E-state index contributed by atoms with van der Waals surface area (Å²) in [6.07, 6.45) is 7.94. The molecule has 1 N–H and O–H groups in total. The van der Waals surface area contributed by atoms with Crippen molar-refractivity contribution in [3.8, 4) is 5.75 Å². The summed E-state index contributed by atoms with van der Waals surface area (Å²) in [7, 11) is 0. The highest BCUT2D eigenvalue weighted by Gasteiger charge is 2.14. The summed E-state index contributed by atoms with van der Waals surface area (Å²) in [5.74, 6) is 1.06. The molecule has 1 aromatic heterocycles. The van der Waals surface area contributed by atoms with E-state index >= 15 is 0 Å². The van der Waals surface area contributed by atoms with Crippen LogP contribution >= 0.6 is 0 Å². The van der Waals surface area contributed by atoms with E-state index in [-0.39, 0.29) is 0 Å². The van der Waals surface area contributed by atoms with Gasteiger partial charge in [-0.15, -0.1) is 0 Å². The van der Waals surface area contributed by atoms with Crippen LogP contribution in [0.3, 0.4) is 0 Å². The summed E-state index contributed by atoms with van der Waals surface area (Å²) in [4.78, 5) is 0. The van der Waals surface area contributed by atoms with Gasteiger partial charge < -0.3 is 14.5 Å². The number of rotatable bonds is 7. The molecular formula is C18H23NO2. The van der Waals surface area contributed by atoms with Crippen LogP contribution < -0.4 is 10.1 Å². The van der Waals surface area contributed by atoms with E-state index in [0.717, 1.165) is 44.6 Å². The van der Waals surface area contributed by atoms with Crippen LogP contribution in [-0.4, -0.2) is 13.2 Å². The molecule has 1 unspecified atom stereocenters. The Morgan fingerprint density at radius 1 is 1.29 bits per heavy atom. The summed E-state index contributed by atoms with van der Waals surface area (Å²) in [6, 6.07) is 9.03. The van der Waals surface area contributed by atoms with Gasteiger partial charge in [-0.25, -0.2) is 0 Å². The Balaban J connectivity index is 1.63. The van der Waals surface area contributed by atoms with Crippen LogP contribution in [0.2, 0.25) is 0 Å². The lowest BCUT2D eigenvalue weighted by Gasteiger charge is -2.17. The van der Waals surface area contributed by atoms with Crippen molar-refractivity contribution in [1.82, 2.24) is 5.32 Å². The Hall–Kier alpha value is -1.74. The SMILES string of the molecule is CCCNC(CCc1ccc2c(c1)CCO2)c1ccoc1. The lowest BCUT2D eigenvalue weighted by atomic mass is 9.99. The van der Waals surface area contributed by atoms with E-state index in [2.05, 4.69) is 36.5 Å². The van der Waals surface area contributed by atoms with Crippen molar-refractivity contribution in [2.45, 2.75) is 38.6 Å². The first kappa shape index (κ1) is 14.2. The summed E-state index contributed by atoms with van der Waals surface area (Å²) in [6.45, 7) is 4.06. The quantitative estimate of drug-likeness (QED) is 0.838. The lowest BCUT2D eigenvalue weighted by molar-refractivity contribution is 0.357. The van der Waals surface area contributed by atoms with Crippen molar-refractivity contribution in [1.29, 1.82) is 0 Å². The highest BCUT2D eigenvalue weighted by Crippen LogP contribution is 2.27. The van der Waals surface area contributed by atoms with Crippen molar-refractivity contribution in [3.05, 3.63) is 53.5 Å².